The van der Waals surface area contributed by atoms with Crippen LogP contribution < -0.4 is 0 Å². The van der Waals surface area contributed by atoms with Crippen LogP contribution >= 0.6 is 22.6 Å². The van der Waals surface area contributed by atoms with E-state index in [-0.39, 0.29) is 12.6 Å². The lowest BCUT2D eigenvalue weighted by Gasteiger charge is -2.40. The zero-order valence-corrected chi connectivity index (χ0v) is 17.1. The quantitative estimate of drug-likeness (QED) is 0.629. The van der Waals surface area contributed by atoms with Crippen molar-refractivity contribution in [2.75, 3.05) is 0 Å². The summed E-state index contributed by atoms with van der Waals surface area (Å²) in [6, 6.07) is 16.0. The van der Waals surface area contributed by atoms with Gasteiger partial charge in [-0.1, -0.05) is 42.5 Å². The Morgan fingerprint density at radius 1 is 1.12 bits per heavy atom. The number of rotatable bonds is 6. The van der Waals surface area contributed by atoms with Gasteiger partial charge in [-0.05, 0) is 66.6 Å². The summed E-state index contributed by atoms with van der Waals surface area (Å²) in [4.78, 5) is 26.2. The minimum absolute atomic E-state index is 0.0886. The Hall–Kier alpha value is -2.09. The highest BCUT2D eigenvalue weighted by Gasteiger charge is 2.46. The Kier molecular flexibility index (Phi) is 6.63. The van der Waals surface area contributed by atoms with E-state index >= 15 is 0 Å². The molecule has 0 heterocycles. The van der Waals surface area contributed by atoms with Crippen molar-refractivity contribution in [3.8, 4) is 0 Å². The first-order chi connectivity index (χ1) is 12.3. The number of hydrogen-bond acceptors (Lipinski definition) is 3. The average molecular weight is 467 g/mol. The highest BCUT2D eigenvalue weighted by Crippen LogP contribution is 2.32. The van der Waals surface area contributed by atoms with Gasteiger partial charge in [0, 0.05) is 9.61 Å². The van der Waals surface area contributed by atoms with E-state index in [9.17, 15) is 14.7 Å². The van der Waals surface area contributed by atoms with E-state index in [0.717, 1.165) is 9.13 Å². The molecule has 5 nitrogen and oxygen atoms in total. The lowest BCUT2D eigenvalue weighted by molar-refractivity contribution is -0.151. The van der Waals surface area contributed by atoms with Crippen LogP contribution in [0.2, 0.25) is 0 Å². The molecule has 0 aliphatic heterocycles. The van der Waals surface area contributed by atoms with Crippen LogP contribution in [-0.4, -0.2) is 28.1 Å². The van der Waals surface area contributed by atoms with Crippen LogP contribution in [0.3, 0.4) is 0 Å². The number of carboxylic acids is 1. The number of carbonyl (C=O) groups excluding carboxylic acids is 1. The van der Waals surface area contributed by atoms with Crippen molar-refractivity contribution in [3.05, 3.63) is 69.3 Å². The second kappa shape index (κ2) is 8.53. The van der Waals surface area contributed by atoms with Gasteiger partial charge in [0.05, 0.1) is 0 Å². The first kappa shape index (κ1) is 20.2. The third kappa shape index (κ3) is 4.35. The summed E-state index contributed by atoms with van der Waals surface area (Å²) >= 11 is 2.15. The summed E-state index contributed by atoms with van der Waals surface area (Å²) in [5.41, 5.74) is -0.168. The molecule has 2 aromatic rings. The Morgan fingerprint density at radius 3 is 2.19 bits per heavy atom. The summed E-state index contributed by atoms with van der Waals surface area (Å²) in [5, 5.41) is 9.96. The second-order valence-electron chi connectivity index (χ2n) is 6.39. The topological polar surface area (TPSA) is 66.8 Å². The number of nitrogens with zero attached hydrogens (tertiary/aromatic N) is 1. The molecule has 0 aliphatic rings. The maximum absolute atomic E-state index is 12.8. The van der Waals surface area contributed by atoms with Gasteiger partial charge in [-0.3, -0.25) is 4.90 Å². The standard InChI is InChI=1S/C20H22INO4/c1-14(2)22(19(25)26-13-15-7-5-4-6-8-15)20(3,18(23)24)16-9-11-17(21)12-10-16/h4-12,14H,13H2,1-3H3,(H,23,24). The van der Waals surface area contributed by atoms with E-state index in [0.29, 0.717) is 5.56 Å². The average Bonchev–Trinajstić information content (AvgIpc) is 2.61. The van der Waals surface area contributed by atoms with Crippen LogP contribution in [0.25, 0.3) is 0 Å². The fourth-order valence-electron chi connectivity index (χ4n) is 2.84. The number of hydrogen-bond donors (Lipinski definition) is 1. The van der Waals surface area contributed by atoms with Gasteiger partial charge in [-0.15, -0.1) is 0 Å². The monoisotopic (exact) mass is 467 g/mol. The fraction of sp³-hybridized carbons (Fsp3) is 0.300. The number of amides is 1. The molecule has 0 fully saturated rings. The molecule has 0 spiro atoms. The van der Waals surface area contributed by atoms with Gasteiger partial charge in [0.25, 0.3) is 0 Å². The number of aliphatic carboxylic acids is 1. The third-order valence-corrected chi connectivity index (χ3v) is 4.94. The van der Waals surface area contributed by atoms with Crippen molar-refractivity contribution >= 4 is 34.7 Å². The van der Waals surface area contributed by atoms with E-state index < -0.39 is 17.6 Å². The second-order valence-corrected chi connectivity index (χ2v) is 7.63. The largest absolute Gasteiger partial charge is 0.479 e. The van der Waals surface area contributed by atoms with Crippen molar-refractivity contribution in [1.82, 2.24) is 4.90 Å². The van der Waals surface area contributed by atoms with E-state index in [2.05, 4.69) is 22.6 Å². The molecule has 1 N–H and O–H groups in total. The summed E-state index contributed by atoms with van der Waals surface area (Å²) in [7, 11) is 0. The Bertz CT molecular complexity index is 761. The zero-order chi connectivity index (χ0) is 19.3. The number of halogens is 1. The van der Waals surface area contributed by atoms with Crippen LogP contribution in [0.5, 0.6) is 0 Å². The first-order valence-electron chi connectivity index (χ1n) is 8.26. The molecule has 1 unspecified atom stereocenters. The predicted molar refractivity (Wildman–Crippen MR) is 108 cm³/mol. The predicted octanol–water partition coefficient (Wildman–Crippen LogP) is 4.64. The van der Waals surface area contributed by atoms with Crippen molar-refractivity contribution in [2.24, 2.45) is 0 Å². The maximum atomic E-state index is 12.8. The molecule has 6 heteroatoms. The van der Waals surface area contributed by atoms with E-state index in [1.54, 1.807) is 26.0 Å². The van der Waals surface area contributed by atoms with Gasteiger partial charge >= 0.3 is 12.1 Å². The summed E-state index contributed by atoms with van der Waals surface area (Å²) in [6.45, 7) is 5.17. The molecule has 0 radical (unpaired) electrons. The Balaban J connectivity index is 2.33. The molecular formula is C20H22INO4. The summed E-state index contributed by atoms with van der Waals surface area (Å²) in [6.07, 6.45) is -0.660. The first-order valence-corrected chi connectivity index (χ1v) is 9.34. The summed E-state index contributed by atoms with van der Waals surface area (Å²) < 4.78 is 6.40. The molecule has 2 rings (SSSR count). The van der Waals surface area contributed by atoms with Crippen LogP contribution in [0.1, 0.15) is 31.9 Å². The smallest absolute Gasteiger partial charge is 0.411 e. The SMILES string of the molecule is CC(C)N(C(=O)OCc1ccccc1)C(C)(C(=O)O)c1ccc(I)cc1. The molecule has 1 amide bonds. The lowest BCUT2D eigenvalue weighted by atomic mass is 9.89. The van der Waals surface area contributed by atoms with Crippen molar-refractivity contribution in [3.63, 3.8) is 0 Å². The minimum atomic E-state index is -1.54. The van der Waals surface area contributed by atoms with Gasteiger partial charge in [-0.2, -0.15) is 0 Å². The van der Waals surface area contributed by atoms with Gasteiger partial charge in [0.1, 0.15) is 6.61 Å². The third-order valence-electron chi connectivity index (χ3n) is 4.22. The Labute approximate surface area is 167 Å². The highest BCUT2D eigenvalue weighted by molar-refractivity contribution is 14.1. The summed E-state index contributed by atoms with van der Waals surface area (Å²) in [5.74, 6) is -1.11. The normalized spacial score (nSPS) is 13.1. The van der Waals surface area contributed by atoms with Crippen LogP contribution in [-0.2, 0) is 21.7 Å². The molecule has 0 aliphatic carbocycles. The van der Waals surface area contributed by atoms with Gasteiger partial charge in [0.15, 0.2) is 5.54 Å². The zero-order valence-electron chi connectivity index (χ0n) is 15.0. The molecule has 0 saturated heterocycles. The van der Waals surface area contributed by atoms with Crippen LogP contribution in [0.4, 0.5) is 4.79 Å². The van der Waals surface area contributed by atoms with Crippen molar-refractivity contribution < 1.29 is 19.4 Å². The van der Waals surface area contributed by atoms with Crippen molar-refractivity contribution in [2.45, 2.75) is 39.0 Å². The van der Waals surface area contributed by atoms with E-state index in [1.807, 2.05) is 42.5 Å². The van der Waals surface area contributed by atoms with E-state index in [4.69, 9.17) is 4.74 Å². The molecule has 0 aromatic heterocycles. The molecule has 1 atom stereocenters. The van der Waals surface area contributed by atoms with Crippen molar-refractivity contribution in [1.29, 1.82) is 0 Å². The number of carbonyl (C=O) groups is 2. The fourth-order valence-corrected chi connectivity index (χ4v) is 3.20. The minimum Gasteiger partial charge on any atom is -0.479 e. The molecular weight excluding hydrogens is 445 g/mol. The number of benzene rings is 2. The molecule has 26 heavy (non-hydrogen) atoms. The number of ether oxygens (including phenoxy) is 1. The molecule has 0 saturated carbocycles. The van der Waals surface area contributed by atoms with Crippen LogP contribution in [0.15, 0.2) is 54.6 Å². The Morgan fingerprint density at radius 2 is 1.69 bits per heavy atom. The molecule has 2 aromatic carbocycles. The van der Waals surface area contributed by atoms with Gasteiger partial charge < -0.3 is 9.84 Å². The molecule has 138 valence electrons. The van der Waals surface area contributed by atoms with Gasteiger partial charge in [0.2, 0.25) is 0 Å². The highest BCUT2D eigenvalue weighted by atomic mass is 127. The van der Waals surface area contributed by atoms with Gasteiger partial charge in [-0.25, -0.2) is 9.59 Å². The maximum Gasteiger partial charge on any atom is 0.411 e. The van der Waals surface area contributed by atoms with E-state index in [1.165, 1.54) is 11.8 Å². The molecule has 0 bridgehead atoms. The van der Waals surface area contributed by atoms with Crippen LogP contribution in [0, 0.1) is 3.57 Å². The number of carboxylic acid groups (broad SMARTS) is 1. The lowest BCUT2D eigenvalue weighted by Crippen LogP contribution is -2.55.